The van der Waals surface area contributed by atoms with Crippen LogP contribution in [0.25, 0.3) is 0 Å². The van der Waals surface area contributed by atoms with E-state index in [2.05, 4.69) is 34.5 Å². The first-order valence-corrected chi connectivity index (χ1v) is 9.74. The Hall–Kier alpha value is -1.16. The Balaban J connectivity index is 0.00000261. The Labute approximate surface area is 179 Å². The summed E-state index contributed by atoms with van der Waals surface area (Å²) in [7, 11) is 2.18. The van der Waals surface area contributed by atoms with Crippen LogP contribution < -0.4 is 15.5 Å². The van der Waals surface area contributed by atoms with Gasteiger partial charge in [-0.3, -0.25) is 4.99 Å². The third kappa shape index (κ3) is 6.44. The molecule has 1 aromatic rings. The van der Waals surface area contributed by atoms with Crippen molar-refractivity contribution < 1.29 is 4.39 Å². The summed E-state index contributed by atoms with van der Waals surface area (Å²) in [5.74, 6) is 1.74. The van der Waals surface area contributed by atoms with Gasteiger partial charge in [-0.2, -0.15) is 0 Å². The van der Waals surface area contributed by atoms with Crippen molar-refractivity contribution in [2.45, 2.75) is 32.2 Å². The number of nitrogens with one attached hydrogen (secondary N) is 2. The lowest BCUT2D eigenvalue weighted by Crippen LogP contribution is -2.45. The van der Waals surface area contributed by atoms with E-state index in [1.165, 1.54) is 18.9 Å². The van der Waals surface area contributed by atoms with Gasteiger partial charge in [-0.05, 0) is 64.4 Å². The van der Waals surface area contributed by atoms with E-state index in [4.69, 9.17) is 4.99 Å². The zero-order chi connectivity index (χ0) is 18.4. The van der Waals surface area contributed by atoms with Crippen LogP contribution in [0.5, 0.6) is 0 Å². The van der Waals surface area contributed by atoms with Gasteiger partial charge < -0.3 is 20.4 Å². The normalized spacial score (nSPS) is 21.8. The predicted molar refractivity (Wildman–Crippen MR) is 120 cm³/mol. The molecule has 6 nitrogen and oxygen atoms in total. The van der Waals surface area contributed by atoms with Crippen molar-refractivity contribution in [2.75, 3.05) is 51.2 Å². The highest BCUT2D eigenvalue weighted by Crippen LogP contribution is 2.21. The molecule has 0 aliphatic carbocycles. The second-order valence-electron chi connectivity index (χ2n) is 7.35. The molecule has 0 bridgehead atoms. The summed E-state index contributed by atoms with van der Waals surface area (Å²) in [6, 6.07) is 3.35. The van der Waals surface area contributed by atoms with Crippen LogP contribution in [-0.4, -0.2) is 68.2 Å². The molecule has 2 aliphatic rings. The van der Waals surface area contributed by atoms with Crippen LogP contribution in [0.2, 0.25) is 0 Å². The number of hydrogen-bond donors (Lipinski definition) is 2. The largest absolute Gasteiger partial charge is 0.357 e. The molecule has 2 aliphatic heterocycles. The van der Waals surface area contributed by atoms with Crippen LogP contribution in [0.1, 0.15) is 26.2 Å². The van der Waals surface area contributed by atoms with Crippen molar-refractivity contribution in [2.24, 2.45) is 10.9 Å². The lowest BCUT2D eigenvalue weighted by atomic mass is 9.97. The number of halogens is 2. The number of likely N-dealkylation sites (tertiary alicyclic amines) is 1. The fraction of sp³-hybridized carbons (Fsp3) is 0.684. The van der Waals surface area contributed by atoms with Gasteiger partial charge in [0.25, 0.3) is 0 Å². The Kier molecular flexibility index (Phi) is 9.01. The molecular formula is C19H32FIN6. The number of nitrogens with zero attached hydrogens (tertiary/aromatic N) is 4. The molecule has 2 fully saturated rings. The number of rotatable bonds is 5. The van der Waals surface area contributed by atoms with Gasteiger partial charge in [-0.15, -0.1) is 24.0 Å². The van der Waals surface area contributed by atoms with E-state index >= 15 is 0 Å². The first kappa shape index (κ1) is 22.1. The Morgan fingerprint density at radius 1 is 1.30 bits per heavy atom. The molecule has 1 atom stereocenters. The quantitative estimate of drug-likeness (QED) is 0.377. The third-order valence-corrected chi connectivity index (χ3v) is 5.26. The fourth-order valence-corrected chi connectivity index (χ4v) is 3.66. The monoisotopic (exact) mass is 490 g/mol. The summed E-state index contributed by atoms with van der Waals surface area (Å²) in [6.07, 6.45) is 5.03. The van der Waals surface area contributed by atoms with Gasteiger partial charge in [0.05, 0.1) is 0 Å². The minimum atomic E-state index is -0.254. The summed E-state index contributed by atoms with van der Waals surface area (Å²) in [4.78, 5) is 13.4. The van der Waals surface area contributed by atoms with E-state index in [0.29, 0.717) is 11.7 Å². The second kappa shape index (κ2) is 11.0. The van der Waals surface area contributed by atoms with Crippen molar-refractivity contribution >= 4 is 35.8 Å². The Morgan fingerprint density at radius 2 is 2.07 bits per heavy atom. The first-order chi connectivity index (χ1) is 12.7. The number of hydrogen-bond acceptors (Lipinski definition) is 4. The third-order valence-electron chi connectivity index (χ3n) is 5.26. The van der Waals surface area contributed by atoms with Crippen molar-refractivity contribution in [1.29, 1.82) is 0 Å². The molecule has 0 radical (unpaired) electrons. The van der Waals surface area contributed by atoms with E-state index in [0.717, 1.165) is 51.6 Å². The average molecular weight is 490 g/mol. The van der Waals surface area contributed by atoms with Crippen molar-refractivity contribution in [3.8, 4) is 0 Å². The molecule has 0 spiro atoms. The number of aromatic nitrogens is 1. The molecular weight excluding hydrogens is 458 g/mol. The molecule has 1 aromatic heterocycles. The lowest BCUT2D eigenvalue weighted by molar-refractivity contribution is 0.223. The van der Waals surface area contributed by atoms with Gasteiger partial charge in [0.1, 0.15) is 0 Å². The molecule has 0 amide bonds. The van der Waals surface area contributed by atoms with Crippen molar-refractivity contribution in [3.05, 3.63) is 24.1 Å². The number of pyridine rings is 1. The minimum absolute atomic E-state index is 0. The van der Waals surface area contributed by atoms with E-state index in [-0.39, 0.29) is 35.8 Å². The Morgan fingerprint density at radius 3 is 2.78 bits per heavy atom. The van der Waals surface area contributed by atoms with E-state index in [1.807, 2.05) is 4.90 Å². The molecule has 1 unspecified atom stereocenters. The summed E-state index contributed by atoms with van der Waals surface area (Å²) in [6.45, 7) is 7.66. The molecule has 3 rings (SSSR count). The second-order valence-corrected chi connectivity index (χ2v) is 7.35. The zero-order valence-corrected chi connectivity index (χ0v) is 18.7. The van der Waals surface area contributed by atoms with Crippen LogP contribution in [0.4, 0.5) is 10.2 Å². The van der Waals surface area contributed by atoms with Gasteiger partial charge in [0.15, 0.2) is 17.6 Å². The van der Waals surface area contributed by atoms with Gasteiger partial charge in [0, 0.05) is 38.4 Å². The van der Waals surface area contributed by atoms with Crippen molar-refractivity contribution in [1.82, 2.24) is 20.5 Å². The standard InChI is InChI=1S/C19H31FN6.HI/c1-3-21-19(23-13-15-6-10-25(2)11-7-15)24-16-8-12-26(14-16)18-17(20)5-4-9-22-18;/h4-5,9,15-16H,3,6-8,10-14H2,1-2H3,(H2,21,23,24);1H. The summed E-state index contributed by atoms with van der Waals surface area (Å²) in [5.41, 5.74) is 0. The fourth-order valence-electron chi connectivity index (χ4n) is 3.66. The molecule has 27 heavy (non-hydrogen) atoms. The van der Waals surface area contributed by atoms with Gasteiger partial charge in [-0.25, -0.2) is 9.37 Å². The highest BCUT2D eigenvalue weighted by Gasteiger charge is 2.26. The minimum Gasteiger partial charge on any atom is -0.357 e. The average Bonchev–Trinajstić information content (AvgIpc) is 3.10. The summed E-state index contributed by atoms with van der Waals surface area (Å²) < 4.78 is 13.9. The zero-order valence-electron chi connectivity index (χ0n) is 16.3. The molecule has 8 heteroatoms. The molecule has 152 valence electrons. The summed E-state index contributed by atoms with van der Waals surface area (Å²) in [5, 5.41) is 6.87. The molecule has 0 saturated carbocycles. The molecule has 2 saturated heterocycles. The maximum atomic E-state index is 13.9. The number of guanidine groups is 1. The smallest absolute Gasteiger partial charge is 0.191 e. The number of anilines is 1. The van der Waals surface area contributed by atoms with Gasteiger partial charge >= 0.3 is 0 Å². The van der Waals surface area contributed by atoms with Crippen LogP contribution >= 0.6 is 24.0 Å². The predicted octanol–water partition coefficient (Wildman–Crippen LogP) is 2.31. The highest BCUT2D eigenvalue weighted by atomic mass is 127. The molecule has 2 N–H and O–H groups in total. The Bertz CT molecular complexity index is 606. The number of aliphatic imine (C=N–C) groups is 1. The van der Waals surface area contributed by atoms with Crippen LogP contribution in [-0.2, 0) is 0 Å². The van der Waals surface area contributed by atoms with Crippen LogP contribution in [0.15, 0.2) is 23.3 Å². The first-order valence-electron chi connectivity index (χ1n) is 9.74. The SMILES string of the molecule is CCNC(=NCC1CCN(C)CC1)NC1CCN(c2ncccc2F)C1.I. The maximum Gasteiger partial charge on any atom is 0.191 e. The van der Waals surface area contributed by atoms with Crippen molar-refractivity contribution in [3.63, 3.8) is 0 Å². The van der Waals surface area contributed by atoms with Gasteiger partial charge in [-0.1, -0.05) is 0 Å². The molecule has 0 aromatic carbocycles. The topological polar surface area (TPSA) is 55.8 Å². The van der Waals surface area contributed by atoms with Crippen LogP contribution in [0.3, 0.4) is 0 Å². The molecule has 3 heterocycles. The van der Waals surface area contributed by atoms with E-state index < -0.39 is 0 Å². The van der Waals surface area contributed by atoms with Gasteiger partial charge in [0.2, 0.25) is 0 Å². The van der Waals surface area contributed by atoms with E-state index in [1.54, 1.807) is 12.3 Å². The van der Waals surface area contributed by atoms with Crippen LogP contribution in [0, 0.1) is 11.7 Å². The summed E-state index contributed by atoms with van der Waals surface area (Å²) >= 11 is 0. The van der Waals surface area contributed by atoms with E-state index in [9.17, 15) is 4.39 Å². The number of piperidine rings is 1. The highest BCUT2D eigenvalue weighted by molar-refractivity contribution is 14.0. The maximum absolute atomic E-state index is 13.9. The lowest BCUT2D eigenvalue weighted by Gasteiger charge is -2.28.